The Morgan fingerprint density at radius 3 is 2.31 bits per heavy atom. The van der Waals surface area contributed by atoms with E-state index in [4.69, 9.17) is 5.73 Å². The van der Waals surface area contributed by atoms with Crippen LogP contribution in [0.15, 0.2) is 4.99 Å². The molecule has 1 fully saturated rings. The molecule has 1 rings (SSSR count). The Morgan fingerprint density at radius 1 is 1.25 bits per heavy atom. The third-order valence-electron chi connectivity index (χ3n) is 3.10. The first kappa shape index (κ1) is 13.5. The molecule has 1 saturated heterocycles. The van der Waals surface area contributed by atoms with Crippen LogP contribution in [0.5, 0.6) is 0 Å². The summed E-state index contributed by atoms with van der Waals surface area (Å²) in [5, 5.41) is 0. The summed E-state index contributed by atoms with van der Waals surface area (Å²) in [5.74, 6) is 0.775. The van der Waals surface area contributed by atoms with Gasteiger partial charge in [0.25, 0.3) is 0 Å². The number of rotatable bonds is 3. The average molecular weight is 225 g/mol. The Hall–Kier alpha value is -0.570. The molecule has 1 atom stereocenters. The molecule has 0 aromatic heterocycles. The van der Waals surface area contributed by atoms with E-state index in [-0.39, 0.29) is 5.41 Å². The Labute approximate surface area is 100 Å². The fourth-order valence-corrected chi connectivity index (χ4v) is 1.99. The maximum Gasteiger partial charge on any atom is 0.0995 e. The summed E-state index contributed by atoms with van der Waals surface area (Å²) < 4.78 is 0. The minimum absolute atomic E-state index is 0.00381. The van der Waals surface area contributed by atoms with Crippen LogP contribution in [0.2, 0.25) is 0 Å². The molecule has 0 aromatic rings. The van der Waals surface area contributed by atoms with Gasteiger partial charge >= 0.3 is 0 Å². The van der Waals surface area contributed by atoms with Crippen LogP contribution in [-0.4, -0.2) is 36.4 Å². The smallest absolute Gasteiger partial charge is 0.0995 e. The highest BCUT2D eigenvalue weighted by Crippen LogP contribution is 2.14. The minimum Gasteiger partial charge on any atom is -0.387 e. The van der Waals surface area contributed by atoms with Gasteiger partial charge in [0.05, 0.1) is 11.9 Å². The van der Waals surface area contributed by atoms with Crippen molar-refractivity contribution in [3.63, 3.8) is 0 Å². The highest BCUT2D eigenvalue weighted by Gasteiger charge is 2.18. The lowest BCUT2D eigenvalue weighted by Crippen LogP contribution is -2.37. The van der Waals surface area contributed by atoms with Gasteiger partial charge in [-0.2, -0.15) is 0 Å². The number of nitrogens with zero attached hydrogens (tertiary/aromatic N) is 2. The third kappa shape index (κ3) is 4.52. The molecule has 16 heavy (non-hydrogen) atoms. The molecule has 0 aliphatic carbocycles. The number of amidine groups is 1. The fourth-order valence-electron chi connectivity index (χ4n) is 1.99. The van der Waals surface area contributed by atoms with Crippen LogP contribution in [0.25, 0.3) is 0 Å². The second kappa shape index (κ2) is 5.67. The molecule has 2 N–H and O–H groups in total. The lowest BCUT2D eigenvalue weighted by molar-refractivity contribution is 0.219. The Balaban J connectivity index is 2.42. The SMILES string of the molecule is CC(CN1CCCCC1)N=C(N)C(C)(C)C. The van der Waals surface area contributed by atoms with E-state index < -0.39 is 0 Å². The number of aliphatic imine (C=N–C) groups is 1. The summed E-state index contributed by atoms with van der Waals surface area (Å²) >= 11 is 0. The summed E-state index contributed by atoms with van der Waals surface area (Å²) in [6.07, 6.45) is 4.06. The second-order valence-electron chi connectivity index (χ2n) is 5.97. The van der Waals surface area contributed by atoms with Crippen molar-refractivity contribution in [3.8, 4) is 0 Å². The van der Waals surface area contributed by atoms with Gasteiger partial charge in [-0.25, -0.2) is 0 Å². The van der Waals surface area contributed by atoms with Crippen molar-refractivity contribution in [1.29, 1.82) is 0 Å². The normalized spacial score (nSPS) is 22.1. The van der Waals surface area contributed by atoms with Crippen molar-refractivity contribution in [2.75, 3.05) is 19.6 Å². The highest BCUT2D eigenvalue weighted by atomic mass is 15.1. The molecular weight excluding hydrogens is 198 g/mol. The van der Waals surface area contributed by atoms with Crippen LogP contribution in [0.1, 0.15) is 47.0 Å². The first-order chi connectivity index (χ1) is 7.39. The molecule has 0 amide bonds. The molecule has 0 saturated carbocycles. The van der Waals surface area contributed by atoms with Gasteiger partial charge in [-0.05, 0) is 32.9 Å². The number of hydrogen-bond acceptors (Lipinski definition) is 2. The largest absolute Gasteiger partial charge is 0.387 e. The topological polar surface area (TPSA) is 41.6 Å². The zero-order chi connectivity index (χ0) is 12.2. The van der Waals surface area contributed by atoms with Gasteiger partial charge in [0.2, 0.25) is 0 Å². The zero-order valence-corrected chi connectivity index (χ0v) is 11.3. The molecule has 0 bridgehead atoms. The predicted molar refractivity (Wildman–Crippen MR) is 70.8 cm³/mol. The van der Waals surface area contributed by atoms with Crippen LogP contribution in [0.3, 0.4) is 0 Å². The summed E-state index contributed by atoms with van der Waals surface area (Å²) in [7, 11) is 0. The van der Waals surface area contributed by atoms with Crippen molar-refractivity contribution in [1.82, 2.24) is 4.90 Å². The maximum atomic E-state index is 5.99. The molecule has 0 spiro atoms. The van der Waals surface area contributed by atoms with Crippen molar-refractivity contribution in [2.24, 2.45) is 16.1 Å². The Morgan fingerprint density at radius 2 is 1.81 bits per heavy atom. The van der Waals surface area contributed by atoms with Crippen molar-refractivity contribution >= 4 is 5.84 Å². The number of piperidine rings is 1. The van der Waals surface area contributed by atoms with Gasteiger partial charge in [0.15, 0.2) is 0 Å². The first-order valence-electron chi connectivity index (χ1n) is 6.45. The van der Waals surface area contributed by atoms with Crippen molar-refractivity contribution in [3.05, 3.63) is 0 Å². The zero-order valence-electron chi connectivity index (χ0n) is 11.3. The highest BCUT2D eigenvalue weighted by molar-refractivity contribution is 5.85. The number of likely N-dealkylation sites (tertiary alicyclic amines) is 1. The third-order valence-corrected chi connectivity index (χ3v) is 3.10. The van der Waals surface area contributed by atoms with Crippen molar-refractivity contribution in [2.45, 2.75) is 53.0 Å². The van der Waals surface area contributed by atoms with E-state index in [9.17, 15) is 0 Å². The molecule has 0 aromatic carbocycles. The fraction of sp³-hybridized carbons (Fsp3) is 0.923. The van der Waals surface area contributed by atoms with Crippen molar-refractivity contribution < 1.29 is 0 Å². The van der Waals surface area contributed by atoms with Gasteiger partial charge < -0.3 is 10.6 Å². The van der Waals surface area contributed by atoms with Crippen LogP contribution < -0.4 is 5.73 Å². The molecular formula is C13H27N3. The molecule has 94 valence electrons. The van der Waals surface area contributed by atoms with Crippen LogP contribution in [0, 0.1) is 5.41 Å². The van der Waals surface area contributed by atoms with E-state index in [1.54, 1.807) is 0 Å². The monoisotopic (exact) mass is 225 g/mol. The molecule has 3 heteroatoms. The molecule has 1 unspecified atom stereocenters. The van der Waals surface area contributed by atoms with E-state index >= 15 is 0 Å². The Kier molecular flexibility index (Phi) is 4.78. The summed E-state index contributed by atoms with van der Waals surface area (Å²) in [5.41, 5.74) is 5.98. The standard InChI is InChI=1S/C13H27N3/c1-11(15-12(14)13(2,3)4)10-16-8-6-5-7-9-16/h11H,5-10H2,1-4H3,(H2,14,15). The van der Waals surface area contributed by atoms with Gasteiger partial charge in [-0.15, -0.1) is 0 Å². The van der Waals surface area contributed by atoms with Gasteiger partial charge in [-0.3, -0.25) is 4.99 Å². The predicted octanol–water partition coefficient (Wildman–Crippen LogP) is 2.26. The molecule has 1 heterocycles. The summed E-state index contributed by atoms with van der Waals surface area (Å²) in [6.45, 7) is 12.0. The number of hydrogen-bond donors (Lipinski definition) is 1. The van der Waals surface area contributed by atoms with Gasteiger partial charge in [0.1, 0.15) is 0 Å². The summed E-state index contributed by atoms with van der Waals surface area (Å²) in [4.78, 5) is 7.10. The molecule has 3 nitrogen and oxygen atoms in total. The van der Waals surface area contributed by atoms with E-state index in [0.717, 1.165) is 12.4 Å². The minimum atomic E-state index is -0.00381. The Bertz CT molecular complexity index is 234. The van der Waals surface area contributed by atoms with Crippen LogP contribution in [-0.2, 0) is 0 Å². The quantitative estimate of drug-likeness (QED) is 0.591. The van der Waals surface area contributed by atoms with Gasteiger partial charge in [0, 0.05) is 12.0 Å². The number of nitrogens with two attached hydrogens (primary N) is 1. The van der Waals surface area contributed by atoms with E-state index in [1.165, 1.54) is 32.4 Å². The second-order valence-corrected chi connectivity index (χ2v) is 5.97. The lowest BCUT2D eigenvalue weighted by atomic mass is 9.95. The van der Waals surface area contributed by atoms with E-state index in [0.29, 0.717) is 6.04 Å². The van der Waals surface area contributed by atoms with E-state index in [2.05, 4.69) is 37.6 Å². The maximum absolute atomic E-state index is 5.99. The summed E-state index contributed by atoms with van der Waals surface area (Å²) in [6, 6.07) is 0.317. The average Bonchev–Trinajstić information content (AvgIpc) is 2.17. The van der Waals surface area contributed by atoms with Gasteiger partial charge in [-0.1, -0.05) is 27.2 Å². The first-order valence-corrected chi connectivity index (χ1v) is 6.45. The molecule has 1 aliphatic heterocycles. The molecule has 0 radical (unpaired) electrons. The van der Waals surface area contributed by atoms with Crippen LogP contribution in [0.4, 0.5) is 0 Å². The van der Waals surface area contributed by atoms with E-state index in [1.807, 2.05) is 0 Å². The molecule has 1 aliphatic rings. The lowest BCUT2D eigenvalue weighted by Gasteiger charge is -2.28. The van der Waals surface area contributed by atoms with Crippen LogP contribution >= 0.6 is 0 Å².